The van der Waals surface area contributed by atoms with Crippen LogP contribution in [0.3, 0.4) is 0 Å². The molecule has 2 rings (SSSR count). The maximum Gasteiger partial charge on any atom is 0.161 e. The summed E-state index contributed by atoms with van der Waals surface area (Å²) in [5, 5.41) is 0. The average Bonchev–Trinajstić information content (AvgIpc) is 2.47. The Morgan fingerprint density at radius 3 is 2.52 bits per heavy atom. The summed E-state index contributed by atoms with van der Waals surface area (Å²) < 4.78 is 16.5. The van der Waals surface area contributed by atoms with Gasteiger partial charge >= 0.3 is 0 Å². The van der Waals surface area contributed by atoms with Gasteiger partial charge in [-0.25, -0.2) is 0 Å². The zero-order valence-corrected chi connectivity index (χ0v) is 12.9. The first-order chi connectivity index (χ1) is 10.2. The second-order valence-electron chi connectivity index (χ2n) is 4.94. The third kappa shape index (κ3) is 4.42. The van der Waals surface area contributed by atoms with Gasteiger partial charge in [-0.3, -0.25) is 0 Å². The second kappa shape index (κ2) is 7.58. The molecule has 3 heteroatoms. The Balaban J connectivity index is 2.04. The van der Waals surface area contributed by atoms with Gasteiger partial charge in [-0.05, 0) is 55.2 Å². The minimum absolute atomic E-state index is 0.521. The molecule has 1 aliphatic rings. The van der Waals surface area contributed by atoms with Crippen molar-refractivity contribution in [2.45, 2.75) is 19.8 Å². The first-order valence-corrected chi connectivity index (χ1v) is 7.11. The van der Waals surface area contributed by atoms with Crippen molar-refractivity contribution in [1.82, 2.24) is 0 Å². The van der Waals surface area contributed by atoms with Crippen LogP contribution in [0.2, 0.25) is 0 Å². The highest BCUT2D eigenvalue weighted by atomic mass is 16.5. The quantitative estimate of drug-likeness (QED) is 0.812. The molecule has 112 valence electrons. The van der Waals surface area contributed by atoms with Gasteiger partial charge in [-0.15, -0.1) is 0 Å². The first-order valence-electron chi connectivity index (χ1n) is 7.11. The van der Waals surface area contributed by atoms with Crippen LogP contribution in [0.4, 0.5) is 0 Å². The number of ether oxygens (including phenoxy) is 3. The Kier molecular flexibility index (Phi) is 5.50. The average molecular weight is 286 g/mol. The number of methoxy groups -OCH3 is 2. The summed E-state index contributed by atoms with van der Waals surface area (Å²) in [4.78, 5) is 0. The van der Waals surface area contributed by atoms with Gasteiger partial charge in [0.1, 0.15) is 12.4 Å². The van der Waals surface area contributed by atoms with Crippen LogP contribution in [0.25, 0.3) is 0 Å². The molecule has 0 aliphatic heterocycles. The lowest BCUT2D eigenvalue weighted by Gasteiger charge is -2.12. The Labute approximate surface area is 126 Å². The molecule has 1 aromatic carbocycles. The van der Waals surface area contributed by atoms with Crippen LogP contribution in [-0.4, -0.2) is 20.8 Å². The summed E-state index contributed by atoms with van der Waals surface area (Å²) >= 11 is 0. The standard InChI is InChI=1S/C18H22O3/c1-14-8-11-17(18(12-14)20-3)21-13-15-6-4-5-7-16(19-2)10-9-15/h6-12H,4-5,13H2,1-3H3/b10-9?,15-6-,16-7?. The van der Waals surface area contributed by atoms with E-state index >= 15 is 0 Å². The SMILES string of the molecule is COC1=CCC/C=C(\COc2ccc(C)cc2OC)C=C1. The van der Waals surface area contributed by atoms with Crippen LogP contribution in [0.1, 0.15) is 18.4 Å². The molecule has 1 aromatic rings. The van der Waals surface area contributed by atoms with Gasteiger partial charge < -0.3 is 14.2 Å². The van der Waals surface area contributed by atoms with Gasteiger partial charge in [-0.1, -0.05) is 18.2 Å². The van der Waals surface area contributed by atoms with E-state index in [2.05, 4.69) is 12.2 Å². The minimum atomic E-state index is 0.521. The summed E-state index contributed by atoms with van der Waals surface area (Å²) in [5.74, 6) is 2.43. The number of hydrogen-bond donors (Lipinski definition) is 0. The smallest absolute Gasteiger partial charge is 0.161 e. The van der Waals surface area contributed by atoms with Gasteiger partial charge in [0, 0.05) is 0 Å². The van der Waals surface area contributed by atoms with Gasteiger partial charge in [0.2, 0.25) is 0 Å². The molecule has 21 heavy (non-hydrogen) atoms. The molecule has 0 bridgehead atoms. The van der Waals surface area contributed by atoms with E-state index in [9.17, 15) is 0 Å². The largest absolute Gasteiger partial charge is 0.497 e. The number of allylic oxidation sites excluding steroid dienone is 3. The van der Waals surface area contributed by atoms with Crippen molar-refractivity contribution in [3.05, 3.63) is 59.4 Å². The van der Waals surface area contributed by atoms with E-state index in [1.165, 1.54) is 0 Å². The fraction of sp³-hybridized carbons (Fsp3) is 0.333. The van der Waals surface area contributed by atoms with E-state index in [1.54, 1.807) is 14.2 Å². The lowest BCUT2D eigenvalue weighted by molar-refractivity contribution is 0.304. The summed E-state index contributed by atoms with van der Waals surface area (Å²) in [7, 11) is 3.35. The van der Waals surface area contributed by atoms with Crippen molar-refractivity contribution >= 4 is 0 Å². The molecule has 0 radical (unpaired) electrons. The summed E-state index contributed by atoms with van der Waals surface area (Å²) in [6.45, 7) is 2.55. The zero-order valence-electron chi connectivity index (χ0n) is 12.9. The lowest BCUT2D eigenvalue weighted by atomic mass is 10.1. The highest BCUT2D eigenvalue weighted by Crippen LogP contribution is 2.28. The van der Waals surface area contributed by atoms with E-state index in [0.29, 0.717) is 6.61 Å². The summed E-state index contributed by atoms with van der Waals surface area (Å²) in [6, 6.07) is 5.94. The van der Waals surface area contributed by atoms with Gasteiger partial charge in [0.05, 0.1) is 14.2 Å². The molecule has 0 aromatic heterocycles. The first kappa shape index (κ1) is 15.2. The number of benzene rings is 1. The van der Waals surface area contributed by atoms with Crippen molar-refractivity contribution in [3.63, 3.8) is 0 Å². The number of hydrogen-bond acceptors (Lipinski definition) is 3. The van der Waals surface area contributed by atoms with Crippen LogP contribution < -0.4 is 9.47 Å². The van der Waals surface area contributed by atoms with Crippen LogP contribution in [-0.2, 0) is 4.74 Å². The fourth-order valence-electron chi connectivity index (χ4n) is 2.13. The normalized spacial score (nSPS) is 17.1. The Bertz CT molecular complexity index is 568. The van der Waals surface area contributed by atoms with E-state index in [0.717, 1.165) is 41.2 Å². The molecule has 0 fully saturated rings. The molecule has 0 atom stereocenters. The fourth-order valence-corrected chi connectivity index (χ4v) is 2.13. The van der Waals surface area contributed by atoms with Crippen molar-refractivity contribution in [3.8, 4) is 11.5 Å². The molecule has 0 spiro atoms. The highest BCUT2D eigenvalue weighted by molar-refractivity contribution is 5.43. The Morgan fingerprint density at radius 2 is 1.76 bits per heavy atom. The molecular formula is C18H22O3. The molecule has 0 N–H and O–H groups in total. The van der Waals surface area contributed by atoms with Crippen molar-refractivity contribution in [2.75, 3.05) is 20.8 Å². The Morgan fingerprint density at radius 1 is 0.952 bits per heavy atom. The predicted molar refractivity (Wildman–Crippen MR) is 84.8 cm³/mol. The minimum Gasteiger partial charge on any atom is -0.497 e. The van der Waals surface area contributed by atoms with Crippen LogP contribution in [0, 0.1) is 6.92 Å². The van der Waals surface area contributed by atoms with Crippen molar-refractivity contribution in [2.24, 2.45) is 0 Å². The number of rotatable bonds is 5. The van der Waals surface area contributed by atoms with E-state index in [4.69, 9.17) is 14.2 Å². The third-order valence-corrected chi connectivity index (χ3v) is 3.33. The van der Waals surface area contributed by atoms with Crippen LogP contribution in [0.15, 0.2) is 53.8 Å². The third-order valence-electron chi connectivity index (χ3n) is 3.33. The maximum atomic E-state index is 5.88. The maximum absolute atomic E-state index is 5.88. The monoisotopic (exact) mass is 286 g/mol. The summed E-state index contributed by atoms with van der Waals surface area (Å²) in [6.07, 6.45) is 10.3. The van der Waals surface area contributed by atoms with Crippen molar-refractivity contribution < 1.29 is 14.2 Å². The molecule has 1 aliphatic carbocycles. The van der Waals surface area contributed by atoms with Crippen LogP contribution >= 0.6 is 0 Å². The molecule has 0 amide bonds. The van der Waals surface area contributed by atoms with Crippen LogP contribution in [0.5, 0.6) is 11.5 Å². The van der Waals surface area contributed by atoms with Gasteiger partial charge in [0.15, 0.2) is 11.5 Å². The van der Waals surface area contributed by atoms with Crippen molar-refractivity contribution in [1.29, 1.82) is 0 Å². The molecule has 3 nitrogen and oxygen atoms in total. The second-order valence-corrected chi connectivity index (χ2v) is 4.94. The number of aryl methyl sites for hydroxylation is 1. The van der Waals surface area contributed by atoms with Gasteiger partial charge in [0.25, 0.3) is 0 Å². The molecule has 0 saturated carbocycles. The molecule has 0 heterocycles. The zero-order chi connectivity index (χ0) is 15.1. The van der Waals surface area contributed by atoms with E-state index in [1.807, 2.05) is 37.3 Å². The molecule has 0 unspecified atom stereocenters. The Hall–Kier alpha value is -2.16. The predicted octanol–water partition coefficient (Wildman–Crippen LogP) is 4.19. The van der Waals surface area contributed by atoms with E-state index < -0.39 is 0 Å². The highest BCUT2D eigenvalue weighted by Gasteiger charge is 2.05. The topological polar surface area (TPSA) is 27.7 Å². The van der Waals surface area contributed by atoms with E-state index in [-0.39, 0.29) is 0 Å². The lowest BCUT2D eigenvalue weighted by Crippen LogP contribution is -2.02. The molecule has 0 saturated heterocycles. The summed E-state index contributed by atoms with van der Waals surface area (Å²) in [5.41, 5.74) is 2.29. The molecular weight excluding hydrogens is 264 g/mol. The van der Waals surface area contributed by atoms with Gasteiger partial charge in [-0.2, -0.15) is 0 Å².